The second kappa shape index (κ2) is 49.0. The van der Waals surface area contributed by atoms with Gasteiger partial charge in [0.15, 0.2) is 0 Å². The van der Waals surface area contributed by atoms with Crippen molar-refractivity contribution in [3.05, 3.63) is 24.3 Å². The van der Waals surface area contributed by atoms with Crippen LogP contribution in [0, 0.1) is 0 Å². The predicted molar refractivity (Wildman–Crippen MR) is 255 cm³/mol. The van der Waals surface area contributed by atoms with Gasteiger partial charge in [0.1, 0.15) is 0 Å². The molecule has 0 radical (unpaired) electrons. The lowest BCUT2D eigenvalue weighted by Gasteiger charge is -2.22. The number of allylic oxidation sites excluding steroid dienone is 4. The molecule has 2 atom stereocenters. The number of aliphatic hydroxyl groups is 2. The lowest BCUT2D eigenvalue weighted by Crippen LogP contribution is -2.45. The first-order valence-electron chi connectivity index (χ1n) is 26.1. The first kappa shape index (κ1) is 57.3. The van der Waals surface area contributed by atoms with Crippen molar-refractivity contribution in [2.75, 3.05) is 13.2 Å². The third-order valence-electron chi connectivity index (χ3n) is 12.0. The molecule has 0 bridgehead atoms. The van der Waals surface area contributed by atoms with Crippen LogP contribution in [0.25, 0.3) is 0 Å². The Labute approximate surface area is 367 Å². The van der Waals surface area contributed by atoms with Gasteiger partial charge in [0.25, 0.3) is 0 Å². The molecule has 0 saturated heterocycles. The second-order valence-electron chi connectivity index (χ2n) is 17.8. The lowest BCUT2D eigenvalue weighted by atomic mass is 10.0. The Morgan fingerprint density at radius 2 is 0.797 bits per heavy atom. The normalized spacial score (nSPS) is 12.8. The summed E-state index contributed by atoms with van der Waals surface area (Å²) in [5, 5.41) is 23.0. The fourth-order valence-electron chi connectivity index (χ4n) is 7.92. The zero-order valence-corrected chi connectivity index (χ0v) is 39.5. The number of nitrogens with one attached hydrogen (secondary N) is 1. The Morgan fingerprint density at radius 1 is 0.458 bits per heavy atom. The van der Waals surface area contributed by atoms with Crippen LogP contribution in [-0.4, -0.2) is 47.4 Å². The summed E-state index contributed by atoms with van der Waals surface area (Å²) in [4.78, 5) is 24.4. The maximum atomic E-state index is 12.4. The molecule has 0 aromatic carbocycles. The quantitative estimate of drug-likeness (QED) is 0.0322. The van der Waals surface area contributed by atoms with Gasteiger partial charge in [-0.1, -0.05) is 212 Å². The number of carbonyl (C=O) groups excluding carboxylic acids is 2. The molecular weight excluding hydrogens is 731 g/mol. The van der Waals surface area contributed by atoms with Crippen molar-refractivity contribution in [3.8, 4) is 0 Å². The Balaban J connectivity index is 3.42. The number of hydrogen-bond acceptors (Lipinski definition) is 5. The van der Waals surface area contributed by atoms with Gasteiger partial charge in [-0.3, -0.25) is 9.59 Å². The van der Waals surface area contributed by atoms with Gasteiger partial charge in [-0.25, -0.2) is 0 Å². The minimum absolute atomic E-state index is 0.00543. The molecule has 2 unspecified atom stereocenters. The van der Waals surface area contributed by atoms with Gasteiger partial charge in [0, 0.05) is 12.8 Å². The first-order chi connectivity index (χ1) is 29.0. The summed E-state index contributed by atoms with van der Waals surface area (Å²) in [5.41, 5.74) is 0. The molecule has 0 heterocycles. The highest BCUT2D eigenvalue weighted by molar-refractivity contribution is 5.76. The molecule has 0 aromatic heterocycles. The Kier molecular flexibility index (Phi) is 47.6. The van der Waals surface area contributed by atoms with Crippen molar-refractivity contribution in [1.29, 1.82) is 0 Å². The van der Waals surface area contributed by atoms with E-state index in [1.807, 2.05) is 0 Å². The number of unbranched alkanes of at least 4 members (excludes halogenated alkanes) is 33. The van der Waals surface area contributed by atoms with Crippen molar-refractivity contribution in [2.24, 2.45) is 0 Å². The molecule has 0 aliphatic carbocycles. The fourth-order valence-corrected chi connectivity index (χ4v) is 7.92. The van der Waals surface area contributed by atoms with Crippen LogP contribution in [0.1, 0.15) is 277 Å². The monoisotopic (exact) mass is 832 g/mol. The van der Waals surface area contributed by atoms with E-state index in [2.05, 4.69) is 43.5 Å². The van der Waals surface area contributed by atoms with Gasteiger partial charge >= 0.3 is 5.97 Å². The van der Waals surface area contributed by atoms with Crippen LogP contribution < -0.4 is 5.32 Å². The van der Waals surface area contributed by atoms with E-state index in [0.717, 1.165) is 57.8 Å². The van der Waals surface area contributed by atoms with Crippen LogP contribution in [-0.2, 0) is 14.3 Å². The molecule has 3 N–H and O–H groups in total. The van der Waals surface area contributed by atoms with Gasteiger partial charge in [0.05, 0.1) is 25.4 Å². The number of esters is 1. The molecule has 59 heavy (non-hydrogen) atoms. The molecule has 0 saturated carbocycles. The summed E-state index contributed by atoms with van der Waals surface area (Å²) in [5.74, 6) is -0.0577. The summed E-state index contributed by atoms with van der Waals surface area (Å²) in [7, 11) is 0. The molecule has 0 aliphatic heterocycles. The Morgan fingerprint density at radius 3 is 1.20 bits per heavy atom. The van der Waals surface area contributed by atoms with Crippen LogP contribution in [0.2, 0.25) is 0 Å². The maximum Gasteiger partial charge on any atom is 0.305 e. The van der Waals surface area contributed by atoms with Crippen molar-refractivity contribution >= 4 is 11.9 Å². The van der Waals surface area contributed by atoms with E-state index in [9.17, 15) is 19.8 Å². The third kappa shape index (κ3) is 45.7. The summed E-state index contributed by atoms with van der Waals surface area (Å²) in [6, 6.07) is -0.549. The van der Waals surface area contributed by atoms with Gasteiger partial charge in [0.2, 0.25) is 5.91 Å². The van der Waals surface area contributed by atoms with Crippen molar-refractivity contribution in [1.82, 2.24) is 5.32 Å². The number of rotatable bonds is 48. The third-order valence-corrected chi connectivity index (χ3v) is 12.0. The minimum atomic E-state index is -0.670. The molecule has 0 spiro atoms. The predicted octanol–water partition coefficient (Wildman–Crippen LogP) is 15.5. The van der Waals surface area contributed by atoms with E-state index in [1.54, 1.807) is 0 Å². The molecule has 6 heteroatoms. The molecule has 1 amide bonds. The van der Waals surface area contributed by atoms with Crippen LogP contribution in [0.3, 0.4) is 0 Å². The SMILES string of the molecule is CCCCCCCC/C=C\CCCCCCCC(=O)OCCCCCCCCCCC/C=C\CCCCCCCC(=O)NC(CO)C(O)CCCCCCCCCCC. The molecule has 6 nitrogen and oxygen atoms in total. The van der Waals surface area contributed by atoms with Crippen LogP contribution >= 0.6 is 0 Å². The molecule has 0 aromatic rings. The summed E-state index contributed by atoms with van der Waals surface area (Å²) >= 11 is 0. The van der Waals surface area contributed by atoms with Gasteiger partial charge < -0.3 is 20.3 Å². The van der Waals surface area contributed by atoms with Gasteiger partial charge in [-0.05, 0) is 77.0 Å². The van der Waals surface area contributed by atoms with Crippen LogP contribution in [0.15, 0.2) is 24.3 Å². The Hall–Kier alpha value is -1.66. The van der Waals surface area contributed by atoms with Crippen LogP contribution in [0.4, 0.5) is 0 Å². The van der Waals surface area contributed by atoms with Gasteiger partial charge in [-0.15, -0.1) is 0 Å². The van der Waals surface area contributed by atoms with E-state index in [-0.39, 0.29) is 18.5 Å². The fraction of sp³-hybridized carbons (Fsp3) is 0.887. The van der Waals surface area contributed by atoms with Crippen LogP contribution in [0.5, 0.6) is 0 Å². The highest BCUT2D eigenvalue weighted by Gasteiger charge is 2.20. The minimum Gasteiger partial charge on any atom is -0.466 e. The van der Waals surface area contributed by atoms with Crippen molar-refractivity contribution in [3.63, 3.8) is 0 Å². The highest BCUT2D eigenvalue weighted by atomic mass is 16.5. The largest absolute Gasteiger partial charge is 0.466 e. The Bertz CT molecular complexity index is 920. The van der Waals surface area contributed by atoms with Crippen molar-refractivity contribution < 1.29 is 24.5 Å². The number of amides is 1. The summed E-state index contributed by atoms with van der Waals surface area (Å²) < 4.78 is 5.46. The molecule has 0 fully saturated rings. The number of ether oxygens (including phenoxy) is 1. The zero-order chi connectivity index (χ0) is 43.0. The van der Waals surface area contributed by atoms with Crippen molar-refractivity contribution in [2.45, 2.75) is 289 Å². The highest BCUT2D eigenvalue weighted by Crippen LogP contribution is 2.15. The topological polar surface area (TPSA) is 95.9 Å². The molecule has 0 aliphatic rings. The number of aliphatic hydroxyl groups excluding tert-OH is 2. The van der Waals surface area contributed by atoms with E-state index in [4.69, 9.17) is 4.74 Å². The van der Waals surface area contributed by atoms with E-state index in [1.165, 1.54) is 186 Å². The average Bonchev–Trinajstić information content (AvgIpc) is 3.24. The molecule has 0 rings (SSSR count). The standard InChI is InChI=1S/C53H101NO5/c1-3-5-7-9-11-13-14-15-20-24-27-31-35-39-43-47-53(58)59-48-44-40-36-32-28-25-22-19-17-16-18-21-23-26-30-34-38-42-46-52(57)54-50(49-55)51(56)45-41-37-33-29-12-10-8-6-4-2/h15,18,20-21,50-51,55-56H,3-14,16-17,19,22-49H2,1-2H3,(H,54,57)/b20-15-,21-18-. The summed E-state index contributed by atoms with van der Waals surface area (Å²) in [6.45, 7) is 4.90. The van der Waals surface area contributed by atoms with Gasteiger partial charge in [-0.2, -0.15) is 0 Å². The average molecular weight is 832 g/mol. The first-order valence-corrected chi connectivity index (χ1v) is 26.1. The number of hydrogen-bond donors (Lipinski definition) is 3. The number of carbonyl (C=O) groups is 2. The zero-order valence-electron chi connectivity index (χ0n) is 39.5. The molecule has 348 valence electrons. The van der Waals surface area contributed by atoms with E-state index >= 15 is 0 Å². The maximum absolute atomic E-state index is 12.4. The van der Waals surface area contributed by atoms with E-state index < -0.39 is 12.1 Å². The van der Waals surface area contributed by atoms with E-state index in [0.29, 0.717) is 25.9 Å². The second-order valence-corrected chi connectivity index (χ2v) is 17.8. The lowest BCUT2D eigenvalue weighted by molar-refractivity contribution is -0.143. The molecular formula is C53H101NO5. The smallest absolute Gasteiger partial charge is 0.305 e. The summed E-state index contributed by atoms with van der Waals surface area (Å²) in [6.07, 6.45) is 57.3.